The predicted octanol–water partition coefficient (Wildman–Crippen LogP) is 2.12. The quantitative estimate of drug-likeness (QED) is 0.253. The number of benzene rings is 1. The molecule has 13 heteroatoms. The number of esters is 1. The molecule has 4 N–H and O–H groups in total. The number of methoxy groups -OCH3 is 1. The molecule has 0 radical (unpaired) electrons. The normalized spacial score (nSPS) is 17.3. The Kier molecular flexibility index (Phi) is 8.90. The van der Waals surface area contributed by atoms with Crippen LogP contribution in [0.4, 0.5) is 14.2 Å². The number of carbonyl (C=O) groups excluding carboxylic acids is 3. The van der Waals surface area contributed by atoms with Crippen LogP contribution in [0.5, 0.6) is 5.88 Å². The van der Waals surface area contributed by atoms with Crippen molar-refractivity contribution in [3.05, 3.63) is 40.7 Å². The minimum absolute atomic E-state index is 0.0863. The van der Waals surface area contributed by atoms with E-state index in [0.29, 0.717) is 25.1 Å². The van der Waals surface area contributed by atoms with E-state index in [1.807, 2.05) is 0 Å². The van der Waals surface area contributed by atoms with Crippen molar-refractivity contribution in [2.75, 3.05) is 38.6 Å². The number of amides is 3. The molecule has 1 aromatic heterocycles. The van der Waals surface area contributed by atoms with Crippen LogP contribution >= 0.6 is 11.5 Å². The zero-order chi connectivity index (χ0) is 26.4. The number of rotatable bonds is 11. The summed E-state index contributed by atoms with van der Waals surface area (Å²) in [6, 6.07) is 3.62. The molecule has 0 bridgehead atoms. The van der Waals surface area contributed by atoms with Crippen LogP contribution in [0, 0.1) is 5.82 Å². The van der Waals surface area contributed by atoms with Gasteiger partial charge in [0.25, 0.3) is 5.91 Å². The number of carbonyl (C=O) groups is 3. The first kappa shape index (κ1) is 26.8. The van der Waals surface area contributed by atoms with Gasteiger partial charge in [-0.1, -0.05) is 0 Å². The summed E-state index contributed by atoms with van der Waals surface area (Å²) in [7, 11) is 1.19. The number of hydrogen-bond donors (Lipinski definition) is 4. The van der Waals surface area contributed by atoms with Gasteiger partial charge >= 0.3 is 12.0 Å². The minimum Gasteiger partial charge on any atom is -0.471 e. The molecule has 1 aromatic carbocycles. The molecule has 11 nitrogen and oxygen atoms in total. The third kappa shape index (κ3) is 7.37. The third-order valence-corrected chi connectivity index (χ3v) is 6.79. The lowest BCUT2D eigenvalue weighted by Crippen LogP contribution is -2.32. The van der Waals surface area contributed by atoms with Gasteiger partial charge in [0, 0.05) is 36.8 Å². The van der Waals surface area contributed by atoms with Crippen LogP contribution in [0.2, 0.25) is 0 Å². The van der Waals surface area contributed by atoms with Crippen molar-refractivity contribution < 1.29 is 33.4 Å². The summed E-state index contributed by atoms with van der Waals surface area (Å²) < 4.78 is 28.9. The topological polar surface area (TPSA) is 142 Å². The average molecular weight is 536 g/mol. The Hall–Kier alpha value is -3.29. The lowest BCUT2D eigenvalue weighted by Gasteiger charge is -2.14. The minimum atomic E-state index is -0.773. The average Bonchev–Trinajstić information content (AvgIpc) is 3.46. The summed E-state index contributed by atoms with van der Waals surface area (Å²) in [4.78, 5) is 39.2. The second kappa shape index (κ2) is 12.3. The number of aliphatic hydroxyl groups excluding tert-OH is 1. The van der Waals surface area contributed by atoms with Crippen molar-refractivity contribution >= 4 is 34.4 Å². The molecule has 0 unspecified atom stereocenters. The molecule has 4 rings (SSSR count). The molecular weight excluding hydrogens is 505 g/mol. The maximum Gasteiger partial charge on any atom is 0.346 e. The SMILES string of the molecule is COC(=O)c1c(OCc2cc(C(=O)NC3CC3)ccc2F)nsc1NC(=O)NCCCN1CC[C@@H](O)C1. The van der Waals surface area contributed by atoms with Gasteiger partial charge in [-0.2, -0.15) is 4.37 Å². The fourth-order valence-corrected chi connectivity index (χ4v) is 4.60. The van der Waals surface area contributed by atoms with E-state index >= 15 is 0 Å². The molecule has 2 aliphatic rings. The van der Waals surface area contributed by atoms with E-state index in [2.05, 4.69) is 25.2 Å². The molecule has 1 aliphatic heterocycles. The number of aliphatic hydroxyl groups is 1. The monoisotopic (exact) mass is 535 g/mol. The number of hydrogen-bond acceptors (Lipinski definition) is 9. The van der Waals surface area contributed by atoms with E-state index in [1.54, 1.807) is 0 Å². The van der Waals surface area contributed by atoms with Crippen molar-refractivity contribution in [3.63, 3.8) is 0 Å². The van der Waals surface area contributed by atoms with E-state index in [4.69, 9.17) is 9.47 Å². The highest BCUT2D eigenvalue weighted by atomic mass is 32.1. The Morgan fingerprint density at radius 2 is 2.08 bits per heavy atom. The standard InChI is InChI=1S/C24H30FN5O6S/c1-35-23(33)19-21(36-13-15-11-14(3-6-18(15)25)20(32)27-16-4-5-16)29-37-22(19)28-24(34)26-8-2-9-30-10-7-17(31)12-30/h3,6,11,16-17,31H,2,4-5,7-10,12-13H2,1H3,(H,27,32)(H2,26,28,34)/t17-/m1/s1. The highest BCUT2D eigenvalue weighted by Gasteiger charge is 2.26. The number of β-amino-alcohol motifs (C(OH)–C–C–N with tert-alkyl or cyclic N) is 1. The molecule has 1 saturated carbocycles. The van der Waals surface area contributed by atoms with Crippen LogP contribution in [-0.4, -0.2) is 77.7 Å². The van der Waals surface area contributed by atoms with Crippen molar-refractivity contribution in [1.82, 2.24) is 19.9 Å². The largest absolute Gasteiger partial charge is 0.471 e. The second-order valence-electron chi connectivity index (χ2n) is 9.00. The molecule has 200 valence electrons. The van der Waals surface area contributed by atoms with Gasteiger partial charge in [0.15, 0.2) is 5.56 Å². The van der Waals surface area contributed by atoms with Gasteiger partial charge in [-0.15, -0.1) is 0 Å². The molecule has 2 heterocycles. The molecule has 1 atom stereocenters. The molecule has 0 spiro atoms. The number of urea groups is 1. The summed E-state index contributed by atoms with van der Waals surface area (Å²) in [5, 5.41) is 17.8. The first-order valence-corrected chi connectivity index (χ1v) is 12.9. The van der Waals surface area contributed by atoms with E-state index in [0.717, 1.165) is 43.9 Å². The van der Waals surface area contributed by atoms with E-state index in [1.165, 1.54) is 25.3 Å². The van der Waals surface area contributed by atoms with Crippen molar-refractivity contribution in [2.45, 2.75) is 44.4 Å². The van der Waals surface area contributed by atoms with E-state index in [-0.39, 0.29) is 46.7 Å². The Morgan fingerprint density at radius 3 is 2.78 bits per heavy atom. The maximum atomic E-state index is 14.4. The molecule has 1 saturated heterocycles. The highest BCUT2D eigenvalue weighted by molar-refractivity contribution is 7.11. The zero-order valence-corrected chi connectivity index (χ0v) is 21.2. The number of aromatic nitrogens is 1. The van der Waals surface area contributed by atoms with Crippen molar-refractivity contribution in [1.29, 1.82) is 0 Å². The molecule has 1 aliphatic carbocycles. The Bertz CT molecular complexity index is 1140. The molecular formula is C24H30FN5O6S. The van der Waals surface area contributed by atoms with E-state index < -0.39 is 17.8 Å². The van der Waals surface area contributed by atoms with Crippen LogP contribution in [-0.2, 0) is 11.3 Å². The van der Waals surface area contributed by atoms with Crippen LogP contribution in [0.1, 0.15) is 52.0 Å². The zero-order valence-electron chi connectivity index (χ0n) is 20.4. The summed E-state index contributed by atoms with van der Waals surface area (Å²) in [5.41, 5.74) is 0.333. The van der Waals surface area contributed by atoms with Gasteiger partial charge in [0.1, 0.15) is 17.4 Å². The summed E-state index contributed by atoms with van der Waals surface area (Å²) in [5.74, 6) is -1.75. The van der Waals surface area contributed by atoms with Gasteiger partial charge in [-0.3, -0.25) is 10.1 Å². The van der Waals surface area contributed by atoms with Crippen LogP contribution in [0.25, 0.3) is 0 Å². The van der Waals surface area contributed by atoms with Crippen LogP contribution in [0.15, 0.2) is 18.2 Å². The predicted molar refractivity (Wildman–Crippen MR) is 133 cm³/mol. The summed E-state index contributed by atoms with van der Waals surface area (Å²) in [6.45, 7) is 2.34. The van der Waals surface area contributed by atoms with Crippen LogP contribution in [0.3, 0.4) is 0 Å². The summed E-state index contributed by atoms with van der Waals surface area (Å²) in [6.07, 6.45) is 3.03. The van der Waals surface area contributed by atoms with Gasteiger partial charge in [0.05, 0.1) is 13.2 Å². The Morgan fingerprint density at radius 1 is 1.27 bits per heavy atom. The summed E-state index contributed by atoms with van der Waals surface area (Å²) >= 11 is 0.828. The molecule has 3 amide bonds. The smallest absolute Gasteiger partial charge is 0.346 e. The van der Waals surface area contributed by atoms with Gasteiger partial charge in [-0.25, -0.2) is 14.0 Å². The lowest BCUT2D eigenvalue weighted by atomic mass is 10.1. The Labute approximate surface area is 217 Å². The molecule has 37 heavy (non-hydrogen) atoms. The number of likely N-dealkylation sites (tertiary alicyclic amines) is 1. The van der Waals surface area contributed by atoms with Gasteiger partial charge < -0.3 is 30.1 Å². The fraction of sp³-hybridized carbons (Fsp3) is 0.500. The fourth-order valence-electron chi connectivity index (χ4n) is 3.88. The number of halogens is 1. The number of ether oxygens (including phenoxy) is 2. The van der Waals surface area contributed by atoms with E-state index in [9.17, 15) is 23.9 Å². The number of anilines is 1. The number of nitrogens with one attached hydrogen (secondary N) is 3. The van der Waals surface area contributed by atoms with Crippen molar-refractivity contribution in [2.24, 2.45) is 0 Å². The number of nitrogens with zero attached hydrogens (tertiary/aromatic N) is 2. The maximum absolute atomic E-state index is 14.4. The first-order chi connectivity index (χ1) is 17.8. The van der Waals surface area contributed by atoms with Gasteiger partial charge in [0.2, 0.25) is 5.88 Å². The third-order valence-electron chi connectivity index (χ3n) is 6.05. The highest BCUT2D eigenvalue weighted by Crippen LogP contribution is 2.32. The van der Waals surface area contributed by atoms with Crippen molar-refractivity contribution in [3.8, 4) is 5.88 Å². The molecule has 2 fully saturated rings. The Balaban J connectivity index is 1.34. The lowest BCUT2D eigenvalue weighted by molar-refractivity contribution is 0.0596. The second-order valence-corrected chi connectivity index (χ2v) is 9.78. The first-order valence-electron chi connectivity index (χ1n) is 12.1. The molecule has 2 aromatic rings. The van der Waals surface area contributed by atoms with Gasteiger partial charge in [-0.05, 0) is 62.0 Å². The van der Waals surface area contributed by atoms with Crippen LogP contribution < -0.4 is 20.7 Å².